The maximum absolute atomic E-state index is 13.6. The summed E-state index contributed by atoms with van der Waals surface area (Å²) >= 11 is 0. The van der Waals surface area contributed by atoms with Crippen LogP contribution >= 0.6 is 0 Å². The van der Waals surface area contributed by atoms with E-state index in [4.69, 9.17) is 9.31 Å². The van der Waals surface area contributed by atoms with Gasteiger partial charge in [-0.05, 0) is 45.3 Å². The second-order valence-corrected chi connectivity index (χ2v) is 10.2. The molecule has 26 heavy (non-hydrogen) atoms. The number of rotatable bonds is 4. The Hall–Kier alpha value is -1.06. The normalized spacial score (nSPS) is 19.7. The fourth-order valence-electron chi connectivity index (χ4n) is 2.50. The summed E-state index contributed by atoms with van der Waals surface area (Å²) in [4.78, 5) is 0. The topological polar surface area (TPSA) is 47.9 Å². The molecular formula is C17H25BF3NO3S. The molecule has 1 aliphatic heterocycles. The molecule has 0 saturated carbocycles. The van der Waals surface area contributed by atoms with Crippen molar-refractivity contribution in [3.8, 4) is 0 Å². The van der Waals surface area contributed by atoms with E-state index in [1.807, 2.05) is 27.7 Å². The van der Waals surface area contributed by atoms with Gasteiger partial charge in [0.25, 0.3) is 0 Å². The SMILES string of the molecule is CCS(=O)(CC)=Nc1ccc(B2OC(C)(C)C(C)(C)O2)cc1C(F)(F)F. The van der Waals surface area contributed by atoms with Crippen molar-refractivity contribution in [3.05, 3.63) is 23.8 Å². The summed E-state index contributed by atoms with van der Waals surface area (Å²) in [5.41, 5.74) is -2.30. The van der Waals surface area contributed by atoms with Crippen LogP contribution < -0.4 is 5.46 Å². The fourth-order valence-corrected chi connectivity index (χ4v) is 3.68. The molecule has 0 spiro atoms. The molecule has 1 aromatic carbocycles. The van der Waals surface area contributed by atoms with Crippen molar-refractivity contribution < 1.29 is 26.7 Å². The lowest BCUT2D eigenvalue weighted by Crippen LogP contribution is -2.41. The van der Waals surface area contributed by atoms with Crippen molar-refractivity contribution in [1.29, 1.82) is 0 Å². The van der Waals surface area contributed by atoms with Crippen molar-refractivity contribution in [2.75, 3.05) is 11.5 Å². The zero-order chi connectivity index (χ0) is 20.0. The summed E-state index contributed by atoms with van der Waals surface area (Å²) < 4.78 is 68.8. The Morgan fingerprint density at radius 3 is 2.00 bits per heavy atom. The molecule has 0 N–H and O–H groups in total. The van der Waals surface area contributed by atoms with Gasteiger partial charge in [0.05, 0.1) is 32.2 Å². The van der Waals surface area contributed by atoms with E-state index in [-0.39, 0.29) is 22.7 Å². The molecule has 1 heterocycles. The maximum Gasteiger partial charge on any atom is 0.494 e. The molecular weight excluding hydrogens is 366 g/mol. The summed E-state index contributed by atoms with van der Waals surface area (Å²) in [6.45, 7) is 10.6. The van der Waals surface area contributed by atoms with Gasteiger partial charge in [-0.3, -0.25) is 0 Å². The molecule has 1 aliphatic rings. The standard InChI is InChI=1S/C17H25BF3NO3S/c1-7-26(23,8-2)22-14-10-9-12(11-13(14)17(19,20)21)18-24-15(3,4)16(5,6)25-18/h9-11H,7-8H2,1-6H3. The highest BCUT2D eigenvalue weighted by atomic mass is 32.2. The highest BCUT2D eigenvalue weighted by Crippen LogP contribution is 2.39. The summed E-state index contributed by atoms with van der Waals surface area (Å²) in [6.07, 6.45) is -4.62. The number of halogens is 3. The van der Waals surface area contributed by atoms with Crippen LogP contribution in [0.25, 0.3) is 0 Å². The van der Waals surface area contributed by atoms with Gasteiger partial charge in [-0.2, -0.15) is 17.5 Å². The molecule has 0 bridgehead atoms. The number of nitrogens with zero attached hydrogens (tertiary/aromatic N) is 1. The fraction of sp³-hybridized carbons (Fsp3) is 0.647. The first-order chi connectivity index (χ1) is 11.7. The van der Waals surface area contributed by atoms with Crippen LogP contribution in [0.3, 0.4) is 0 Å². The van der Waals surface area contributed by atoms with Crippen LogP contribution in [0.5, 0.6) is 0 Å². The molecule has 1 saturated heterocycles. The van der Waals surface area contributed by atoms with Crippen molar-refractivity contribution >= 4 is 28.0 Å². The van der Waals surface area contributed by atoms with Crippen LogP contribution in [0, 0.1) is 0 Å². The Balaban J connectivity index is 2.54. The second kappa shape index (κ2) is 6.84. The summed E-state index contributed by atoms with van der Waals surface area (Å²) in [5.74, 6) is 0.388. The third-order valence-electron chi connectivity index (χ3n) is 5.02. The van der Waals surface area contributed by atoms with Gasteiger partial charge in [0.2, 0.25) is 0 Å². The van der Waals surface area contributed by atoms with E-state index in [9.17, 15) is 17.4 Å². The maximum atomic E-state index is 13.6. The van der Waals surface area contributed by atoms with Gasteiger partial charge in [-0.25, -0.2) is 4.21 Å². The van der Waals surface area contributed by atoms with Gasteiger partial charge in [-0.1, -0.05) is 19.9 Å². The third-order valence-corrected chi connectivity index (χ3v) is 7.35. The zero-order valence-electron chi connectivity index (χ0n) is 15.9. The lowest BCUT2D eigenvalue weighted by atomic mass is 9.78. The van der Waals surface area contributed by atoms with E-state index in [1.165, 1.54) is 12.1 Å². The Kier molecular flexibility index (Phi) is 5.59. The predicted molar refractivity (Wildman–Crippen MR) is 98.5 cm³/mol. The Morgan fingerprint density at radius 1 is 1.08 bits per heavy atom. The van der Waals surface area contributed by atoms with E-state index in [1.54, 1.807) is 13.8 Å². The van der Waals surface area contributed by atoms with Crippen LogP contribution in [-0.2, 0) is 25.2 Å². The van der Waals surface area contributed by atoms with E-state index in [0.717, 1.165) is 6.07 Å². The van der Waals surface area contributed by atoms with Gasteiger partial charge in [0.1, 0.15) is 0 Å². The van der Waals surface area contributed by atoms with Gasteiger partial charge in [-0.15, -0.1) is 0 Å². The van der Waals surface area contributed by atoms with E-state index < -0.39 is 39.8 Å². The first-order valence-electron chi connectivity index (χ1n) is 8.54. The Bertz CT molecular complexity index is 773. The summed E-state index contributed by atoms with van der Waals surface area (Å²) in [6, 6.07) is 3.71. The smallest absolute Gasteiger partial charge is 0.399 e. The Labute approximate surface area is 153 Å². The largest absolute Gasteiger partial charge is 0.494 e. The van der Waals surface area contributed by atoms with Gasteiger partial charge < -0.3 is 9.31 Å². The average molecular weight is 391 g/mol. The molecule has 0 radical (unpaired) electrons. The van der Waals surface area contributed by atoms with Crippen molar-refractivity contribution in [2.45, 2.75) is 58.9 Å². The molecule has 1 fully saturated rings. The van der Waals surface area contributed by atoms with Crippen LogP contribution in [0.1, 0.15) is 47.1 Å². The van der Waals surface area contributed by atoms with Crippen LogP contribution in [-0.4, -0.2) is 34.0 Å². The number of benzene rings is 1. The number of hydrogen-bond donors (Lipinski definition) is 0. The molecule has 1 aromatic rings. The van der Waals surface area contributed by atoms with Gasteiger partial charge in [0.15, 0.2) is 0 Å². The zero-order valence-corrected chi connectivity index (χ0v) is 16.8. The minimum Gasteiger partial charge on any atom is -0.399 e. The molecule has 2 rings (SSSR count). The predicted octanol–water partition coefficient (Wildman–Crippen LogP) is 4.14. The molecule has 0 aromatic heterocycles. The summed E-state index contributed by atoms with van der Waals surface area (Å²) in [5, 5.41) is 0. The molecule has 0 aliphatic carbocycles. The second-order valence-electron chi connectivity index (χ2n) is 7.30. The van der Waals surface area contributed by atoms with Gasteiger partial charge >= 0.3 is 13.3 Å². The van der Waals surface area contributed by atoms with Crippen LogP contribution in [0.15, 0.2) is 22.6 Å². The molecule has 4 nitrogen and oxygen atoms in total. The van der Waals surface area contributed by atoms with E-state index in [0.29, 0.717) is 0 Å². The average Bonchev–Trinajstić information content (AvgIpc) is 2.74. The first kappa shape index (κ1) is 21.2. The quantitative estimate of drug-likeness (QED) is 0.725. The van der Waals surface area contributed by atoms with Crippen molar-refractivity contribution in [1.82, 2.24) is 0 Å². The highest BCUT2D eigenvalue weighted by Gasteiger charge is 2.52. The van der Waals surface area contributed by atoms with E-state index in [2.05, 4.69) is 4.36 Å². The molecule has 9 heteroatoms. The van der Waals surface area contributed by atoms with Crippen LogP contribution in [0.2, 0.25) is 0 Å². The minimum absolute atomic E-state index is 0.194. The summed E-state index contributed by atoms with van der Waals surface area (Å²) in [7, 11) is -3.61. The monoisotopic (exact) mass is 391 g/mol. The Morgan fingerprint density at radius 2 is 1.58 bits per heavy atom. The lowest BCUT2D eigenvalue weighted by Gasteiger charge is -2.32. The van der Waals surface area contributed by atoms with Crippen molar-refractivity contribution in [2.24, 2.45) is 4.36 Å². The number of alkyl halides is 3. The van der Waals surface area contributed by atoms with Crippen molar-refractivity contribution in [3.63, 3.8) is 0 Å². The number of hydrogen-bond acceptors (Lipinski definition) is 4. The molecule has 0 unspecified atom stereocenters. The van der Waals surface area contributed by atoms with Gasteiger partial charge in [0, 0.05) is 11.5 Å². The third kappa shape index (κ3) is 4.10. The molecule has 0 atom stereocenters. The lowest BCUT2D eigenvalue weighted by molar-refractivity contribution is -0.136. The highest BCUT2D eigenvalue weighted by molar-refractivity contribution is 7.93. The van der Waals surface area contributed by atoms with E-state index >= 15 is 0 Å². The molecule has 0 amide bonds. The minimum atomic E-state index is -4.62. The van der Waals surface area contributed by atoms with Crippen LogP contribution in [0.4, 0.5) is 18.9 Å². The molecule has 146 valence electrons. The first-order valence-corrected chi connectivity index (χ1v) is 10.4.